The summed E-state index contributed by atoms with van der Waals surface area (Å²) in [6, 6.07) is 105. The Bertz CT molecular complexity index is 5640. The molecule has 0 radical (unpaired) electrons. The average Bonchev–Trinajstić information content (AvgIpc) is 0.748. The van der Waals surface area contributed by atoms with E-state index in [1.54, 1.807) is 0 Å². The lowest BCUT2D eigenvalue weighted by Crippen LogP contribution is -1.84. The third-order valence-corrected chi connectivity index (χ3v) is 19.7. The van der Waals surface area contributed by atoms with Gasteiger partial charge < -0.3 is 0 Å². The second kappa shape index (κ2) is 27.6. The van der Waals surface area contributed by atoms with Crippen molar-refractivity contribution in [3.8, 4) is 0 Å². The van der Waals surface area contributed by atoms with E-state index in [-0.39, 0.29) is 0 Å². The van der Waals surface area contributed by atoms with Crippen molar-refractivity contribution in [2.45, 2.75) is 83.1 Å². The highest BCUT2D eigenvalue weighted by atomic mass is 14.1. The summed E-state index contributed by atoms with van der Waals surface area (Å²) >= 11 is 0. The summed E-state index contributed by atoms with van der Waals surface area (Å²) in [4.78, 5) is 0. The lowest BCUT2D eigenvalue weighted by molar-refractivity contribution is 1.43. The Hall–Kier alpha value is -10.9. The molecule has 0 aliphatic rings. The lowest BCUT2D eigenvalue weighted by Gasteiger charge is -2.09. The van der Waals surface area contributed by atoms with Crippen molar-refractivity contribution in [1.29, 1.82) is 0 Å². The van der Waals surface area contributed by atoms with E-state index in [1.165, 1.54) is 196 Å². The first-order chi connectivity index (χ1) is 46.5. The van der Waals surface area contributed by atoms with E-state index in [0.29, 0.717) is 0 Å². The van der Waals surface area contributed by atoms with E-state index in [0.717, 1.165) is 0 Å². The summed E-state index contributed by atoms with van der Waals surface area (Å²) in [5.41, 5.74) is 16.2. The second-order valence-electron chi connectivity index (χ2n) is 26.7. The molecular formula is C96H84. The molecule has 0 bridgehead atoms. The van der Waals surface area contributed by atoms with Gasteiger partial charge in [0.05, 0.1) is 0 Å². The van der Waals surface area contributed by atoms with Crippen molar-refractivity contribution < 1.29 is 0 Å². The first-order valence-electron chi connectivity index (χ1n) is 33.9. The predicted molar refractivity (Wildman–Crippen MR) is 426 cm³/mol. The molecule has 0 atom stereocenters. The Balaban J connectivity index is 0.000000104. The zero-order valence-corrected chi connectivity index (χ0v) is 57.7. The van der Waals surface area contributed by atoms with Gasteiger partial charge in [-0.05, 0) is 323 Å². The Morgan fingerprint density at radius 3 is 0.781 bits per heavy atom. The molecule has 18 rings (SSSR count). The number of hydrogen-bond acceptors (Lipinski definition) is 0. The van der Waals surface area contributed by atoms with E-state index < -0.39 is 0 Å². The first-order valence-corrected chi connectivity index (χ1v) is 33.9. The van der Waals surface area contributed by atoms with Crippen molar-refractivity contribution in [1.82, 2.24) is 0 Å². The summed E-state index contributed by atoms with van der Waals surface area (Å²) in [7, 11) is 0. The van der Waals surface area contributed by atoms with Gasteiger partial charge in [-0.15, -0.1) is 0 Å². The second-order valence-corrected chi connectivity index (χ2v) is 26.7. The van der Waals surface area contributed by atoms with Gasteiger partial charge in [-0.1, -0.05) is 247 Å². The maximum absolute atomic E-state index is 2.30. The molecule has 0 nitrogen and oxygen atoms in total. The standard InChI is InChI=1S/6C16H14/c1-11-5-3-7-13-10-16-12(2)6-4-8-14(16)9-15(11)13;2*1-11-6-5-9-15-12(2)14-8-4-3-7-13(14)10-16(11)15;2*1-11-6-7-13-10-16-12(2)4-3-5-14(16)9-15(13)8-11;1-11-7-12(2)16-10-14-6-4-3-5-13(14)9-15(16)8-11/h6*3-10H,1-2H3. The molecule has 0 unspecified atom stereocenters. The Morgan fingerprint density at radius 2 is 0.375 bits per heavy atom. The van der Waals surface area contributed by atoms with Crippen LogP contribution in [0, 0.1) is 83.1 Å². The van der Waals surface area contributed by atoms with Crippen LogP contribution in [0.15, 0.2) is 291 Å². The van der Waals surface area contributed by atoms with Crippen molar-refractivity contribution in [2.75, 3.05) is 0 Å². The topological polar surface area (TPSA) is 0 Å². The molecule has 0 aliphatic carbocycles. The minimum absolute atomic E-state index is 1.32. The van der Waals surface area contributed by atoms with Crippen LogP contribution >= 0.6 is 0 Å². The predicted octanol–water partition coefficient (Wildman–Crippen LogP) is 27.7. The highest BCUT2D eigenvalue weighted by Crippen LogP contribution is 2.34. The smallest absolute Gasteiger partial charge is 0.0146 e. The monoisotopic (exact) mass is 1240 g/mol. The maximum atomic E-state index is 2.30. The van der Waals surface area contributed by atoms with E-state index in [4.69, 9.17) is 0 Å². The van der Waals surface area contributed by atoms with Crippen LogP contribution in [0.25, 0.3) is 129 Å². The summed E-state index contributed by atoms with van der Waals surface area (Å²) in [5.74, 6) is 0. The van der Waals surface area contributed by atoms with Crippen LogP contribution in [0.1, 0.15) is 66.8 Å². The fourth-order valence-electron chi connectivity index (χ4n) is 14.3. The fourth-order valence-corrected chi connectivity index (χ4v) is 14.3. The van der Waals surface area contributed by atoms with Crippen LogP contribution in [-0.4, -0.2) is 0 Å². The zero-order chi connectivity index (χ0) is 66.7. The van der Waals surface area contributed by atoms with Gasteiger partial charge in [-0.2, -0.15) is 0 Å². The highest BCUT2D eigenvalue weighted by molar-refractivity contribution is 6.06. The van der Waals surface area contributed by atoms with Crippen LogP contribution in [0.4, 0.5) is 0 Å². The first kappa shape index (κ1) is 63.8. The number of hydrogen-bond donors (Lipinski definition) is 0. The largest absolute Gasteiger partial charge is 0.0616 e. The third-order valence-electron chi connectivity index (χ3n) is 19.7. The normalized spacial score (nSPS) is 11.1. The molecule has 18 aromatic carbocycles. The number of benzene rings is 18. The van der Waals surface area contributed by atoms with Gasteiger partial charge in [-0.25, -0.2) is 0 Å². The van der Waals surface area contributed by atoms with Gasteiger partial charge in [0.2, 0.25) is 0 Å². The van der Waals surface area contributed by atoms with Gasteiger partial charge in [-0.3, -0.25) is 0 Å². The Morgan fingerprint density at radius 1 is 0.125 bits per heavy atom. The molecule has 0 saturated carbocycles. The van der Waals surface area contributed by atoms with Gasteiger partial charge in [0.1, 0.15) is 0 Å². The molecule has 0 heterocycles. The third kappa shape index (κ3) is 13.4. The minimum atomic E-state index is 1.32. The van der Waals surface area contributed by atoms with Crippen molar-refractivity contribution >= 4 is 129 Å². The Labute approximate surface area is 566 Å². The molecule has 0 fully saturated rings. The molecule has 0 spiro atoms. The van der Waals surface area contributed by atoms with Crippen LogP contribution < -0.4 is 0 Å². The summed E-state index contributed by atoms with van der Waals surface area (Å²) < 4.78 is 0. The van der Waals surface area contributed by atoms with Gasteiger partial charge >= 0.3 is 0 Å². The molecular weight excluding hydrogens is 1150 g/mol. The summed E-state index contributed by atoms with van der Waals surface area (Å²) in [6.07, 6.45) is 0. The van der Waals surface area contributed by atoms with Gasteiger partial charge in [0.25, 0.3) is 0 Å². The highest BCUT2D eigenvalue weighted by Gasteiger charge is 2.09. The van der Waals surface area contributed by atoms with Crippen LogP contribution in [0.5, 0.6) is 0 Å². The molecule has 0 amide bonds. The van der Waals surface area contributed by atoms with Crippen molar-refractivity contribution in [3.05, 3.63) is 358 Å². The molecule has 0 heteroatoms. The SMILES string of the molecule is Cc1cc(C)c2cc3ccccc3cc2c1.Cc1ccc2cc3c(C)cccc3cc2c1.Cc1ccc2cc3c(C)cccc3cc2c1.Cc1cccc2c(C)c3ccccc3cc12.Cc1cccc2c(C)c3ccccc3cc12.Cc1cccc2cc3c(C)cccc3cc12. The van der Waals surface area contributed by atoms with E-state index >= 15 is 0 Å². The van der Waals surface area contributed by atoms with Gasteiger partial charge in [0.15, 0.2) is 0 Å². The Kier molecular flexibility index (Phi) is 18.3. The quantitative estimate of drug-likeness (QED) is 0.133. The van der Waals surface area contributed by atoms with Crippen LogP contribution in [0.2, 0.25) is 0 Å². The molecule has 0 aromatic heterocycles. The molecule has 0 N–H and O–H groups in total. The minimum Gasteiger partial charge on any atom is -0.0616 e. The molecule has 18 aromatic rings. The summed E-state index contributed by atoms with van der Waals surface area (Å²) in [6.45, 7) is 26.1. The van der Waals surface area contributed by atoms with E-state index in [1.807, 2.05) is 0 Å². The molecule has 0 aliphatic heterocycles. The van der Waals surface area contributed by atoms with Gasteiger partial charge in [0, 0.05) is 0 Å². The average molecular weight is 1240 g/mol. The van der Waals surface area contributed by atoms with Crippen LogP contribution in [-0.2, 0) is 0 Å². The molecule has 0 saturated heterocycles. The number of fused-ring (bicyclic) bond motifs is 12. The fraction of sp³-hybridized carbons (Fsp3) is 0.125. The maximum Gasteiger partial charge on any atom is -0.0146 e. The lowest BCUT2D eigenvalue weighted by atomic mass is 9.95. The van der Waals surface area contributed by atoms with Crippen molar-refractivity contribution in [2.24, 2.45) is 0 Å². The number of aryl methyl sites for hydroxylation is 12. The van der Waals surface area contributed by atoms with Crippen molar-refractivity contribution in [3.63, 3.8) is 0 Å². The van der Waals surface area contributed by atoms with E-state index in [2.05, 4.69) is 374 Å². The summed E-state index contributed by atoms with van der Waals surface area (Å²) in [5, 5.41) is 32.3. The number of rotatable bonds is 0. The van der Waals surface area contributed by atoms with Crippen LogP contribution in [0.3, 0.4) is 0 Å². The molecule has 96 heavy (non-hydrogen) atoms. The molecule has 468 valence electrons. The van der Waals surface area contributed by atoms with E-state index in [9.17, 15) is 0 Å². The zero-order valence-electron chi connectivity index (χ0n) is 57.7.